The Morgan fingerprint density at radius 2 is 2.25 bits per heavy atom. The first-order valence-electron chi connectivity index (χ1n) is 5.00. The molecule has 0 amide bonds. The van der Waals surface area contributed by atoms with Crippen molar-refractivity contribution in [3.8, 4) is 5.75 Å². The summed E-state index contributed by atoms with van der Waals surface area (Å²) in [5.74, 6) is 0.913. The molecular weight excluding hydrogens is 315 g/mol. The monoisotopic (exact) mass is 328 g/mol. The van der Waals surface area contributed by atoms with Gasteiger partial charge in [0.25, 0.3) is 0 Å². The summed E-state index contributed by atoms with van der Waals surface area (Å²) in [7, 11) is 1.70. The van der Waals surface area contributed by atoms with Gasteiger partial charge in [-0.1, -0.05) is 17.7 Å². The SMILES string of the molecule is COc1ccc(C)cc1Cn1cc(I)cn1. The van der Waals surface area contributed by atoms with E-state index >= 15 is 0 Å². The van der Waals surface area contributed by atoms with Gasteiger partial charge in [0, 0.05) is 11.8 Å². The van der Waals surface area contributed by atoms with Crippen LogP contribution in [0.5, 0.6) is 5.75 Å². The molecule has 0 fully saturated rings. The third-order valence-corrected chi connectivity index (χ3v) is 2.93. The van der Waals surface area contributed by atoms with Crippen LogP contribution in [0.4, 0.5) is 0 Å². The zero-order valence-corrected chi connectivity index (χ0v) is 11.4. The Bertz CT molecular complexity index is 494. The smallest absolute Gasteiger partial charge is 0.123 e. The van der Waals surface area contributed by atoms with E-state index in [1.54, 1.807) is 7.11 Å². The minimum atomic E-state index is 0.744. The van der Waals surface area contributed by atoms with Crippen LogP contribution in [0.15, 0.2) is 30.6 Å². The average Bonchev–Trinajstić information content (AvgIpc) is 2.64. The molecule has 1 aromatic carbocycles. The molecule has 84 valence electrons. The van der Waals surface area contributed by atoms with Crippen LogP contribution in [0.2, 0.25) is 0 Å². The first kappa shape index (κ1) is 11.4. The Morgan fingerprint density at radius 1 is 1.44 bits per heavy atom. The number of rotatable bonds is 3. The van der Waals surface area contributed by atoms with Crippen molar-refractivity contribution in [1.82, 2.24) is 9.78 Å². The number of benzene rings is 1. The molecule has 1 aromatic heterocycles. The fraction of sp³-hybridized carbons (Fsp3) is 0.250. The molecule has 0 bridgehead atoms. The summed E-state index contributed by atoms with van der Waals surface area (Å²) in [5, 5.41) is 4.27. The van der Waals surface area contributed by atoms with Crippen molar-refractivity contribution in [2.45, 2.75) is 13.5 Å². The lowest BCUT2D eigenvalue weighted by Gasteiger charge is -2.09. The molecular formula is C12H13IN2O. The minimum absolute atomic E-state index is 0.744. The summed E-state index contributed by atoms with van der Waals surface area (Å²) < 4.78 is 8.39. The quantitative estimate of drug-likeness (QED) is 0.810. The van der Waals surface area contributed by atoms with Crippen molar-refractivity contribution in [3.05, 3.63) is 45.3 Å². The number of methoxy groups -OCH3 is 1. The van der Waals surface area contributed by atoms with Crippen molar-refractivity contribution in [1.29, 1.82) is 0 Å². The van der Waals surface area contributed by atoms with Crippen LogP contribution in [-0.4, -0.2) is 16.9 Å². The summed E-state index contributed by atoms with van der Waals surface area (Å²) in [6, 6.07) is 6.18. The lowest BCUT2D eigenvalue weighted by atomic mass is 10.1. The number of aromatic nitrogens is 2. The number of aryl methyl sites for hydroxylation is 1. The number of nitrogens with zero attached hydrogens (tertiary/aromatic N) is 2. The van der Waals surface area contributed by atoms with Crippen LogP contribution in [0.25, 0.3) is 0 Å². The molecule has 0 unspecified atom stereocenters. The van der Waals surface area contributed by atoms with Gasteiger partial charge < -0.3 is 4.74 Å². The molecule has 4 heteroatoms. The molecule has 0 aliphatic carbocycles. The molecule has 0 saturated heterocycles. The van der Waals surface area contributed by atoms with E-state index in [-0.39, 0.29) is 0 Å². The van der Waals surface area contributed by atoms with Crippen molar-refractivity contribution < 1.29 is 4.74 Å². The highest BCUT2D eigenvalue weighted by Gasteiger charge is 2.04. The second-order valence-electron chi connectivity index (χ2n) is 3.67. The van der Waals surface area contributed by atoms with Crippen molar-refractivity contribution >= 4 is 22.6 Å². The van der Waals surface area contributed by atoms with Crippen LogP contribution < -0.4 is 4.74 Å². The van der Waals surface area contributed by atoms with Crippen LogP contribution >= 0.6 is 22.6 Å². The molecule has 16 heavy (non-hydrogen) atoms. The molecule has 0 spiro atoms. The maximum absolute atomic E-state index is 5.34. The maximum atomic E-state index is 5.34. The molecule has 0 atom stereocenters. The van der Waals surface area contributed by atoms with Gasteiger partial charge in [0.05, 0.1) is 23.4 Å². The van der Waals surface area contributed by atoms with Gasteiger partial charge in [-0.3, -0.25) is 4.68 Å². The van der Waals surface area contributed by atoms with Crippen molar-refractivity contribution in [3.63, 3.8) is 0 Å². The Morgan fingerprint density at radius 3 is 2.88 bits per heavy atom. The van der Waals surface area contributed by atoms with E-state index in [2.05, 4.69) is 46.7 Å². The van der Waals surface area contributed by atoms with E-state index in [9.17, 15) is 0 Å². The van der Waals surface area contributed by atoms with E-state index in [4.69, 9.17) is 4.74 Å². The second kappa shape index (κ2) is 4.86. The van der Waals surface area contributed by atoms with Gasteiger partial charge in [0.2, 0.25) is 0 Å². The Kier molecular flexibility index (Phi) is 3.48. The highest BCUT2D eigenvalue weighted by atomic mass is 127. The minimum Gasteiger partial charge on any atom is -0.496 e. The number of halogens is 1. The number of hydrogen-bond acceptors (Lipinski definition) is 2. The van der Waals surface area contributed by atoms with E-state index in [0.29, 0.717) is 0 Å². The van der Waals surface area contributed by atoms with Crippen LogP contribution in [0.3, 0.4) is 0 Å². The van der Waals surface area contributed by atoms with E-state index in [0.717, 1.165) is 21.4 Å². The summed E-state index contributed by atoms with van der Waals surface area (Å²) in [6.45, 7) is 2.82. The van der Waals surface area contributed by atoms with E-state index in [1.807, 2.05) is 23.1 Å². The topological polar surface area (TPSA) is 27.1 Å². The van der Waals surface area contributed by atoms with Crippen LogP contribution in [-0.2, 0) is 6.54 Å². The van der Waals surface area contributed by atoms with E-state index in [1.165, 1.54) is 5.56 Å². The Hall–Kier alpha value is -1.04. The highest BCUT2D eigenvalue weighted by molar-refractivity contribution is 14.1. The molecule has 1 heterocycles. The lowest BCUT2D eigenvalue weighted by molar-refractivity contribution is 0.407. The van der Waals surface area contributed by atoms with Crippen LogP contribution in [0.1, 0.15) is 11.1 Å². The third-order valence-electron chi connectivity index (χ3n) is 2.37. The average molecular weight is 328 g/mol. The zero-order chi connectivity index (χ0) is 11.5. The normalized spacial score (nSPS) is 10.4. The zero-order valence-electron chi connectivity index (χ0n) is 9.27. The first-order chi connectivity index (χ1) is 7.69. The number of hydrogen-bond donors (Lipinski definition) is 0. The lowest BCUT2D eigenvalue weighted by Crippen LogP contribution is -2.02. The molecule has 0 saturated carbocycles. The maximum Gasteiger partial charge on any atom is 0.123 e. The highest BCUT2D eigenvalue weighted by Crippen LogP contribution is 2.20. The third kappa shape index (κ3) is 2.55. The summed E-state index contributed by atoms with van der Waals surface area (Å²) in [5.41, 5.74) is 2.39. The summed E-state index contributed by atoms with van der Waals surface area (Å²) >= 11 is 2.25. The van der Waals surface area contributed by atoms with Gasteiger partial charge in [-0.15, -0.1) is 0 Å². The van der Waals surface area contributed by atoms with Crippen LogP contribution in [0, 0.1) is 10.5 Å². The van der Waals surface area contributed by atoms with Gasteiger partial charge in [-0.05, 0) is 35.6 Å². The fourth-order valence-corrected chi connectivity index (χ4v) is 2.08. The Labute approximate surface area is 109 Å². The van der Waals surface area contributed by atoms with Gasteiger partial charge in [0.15, 0.2) is 0 Å². The predicted octanol–water partition coefficient (Wildman–Crippen LogP) is 2.85. The molecule has 0 aliphatic heterocycles. The largest absolute Gasteiger partial charge is 0.496 e. The van der Waals surface area contributed by atoms with Gasteiger partial charge in [0.1, 0.15) is 5.75 Å². The number of ether oxygens (including phenoxy) is 1. The Balaban J connectivity index is 2.29. The summed E-state index contributed by atoms with van der Waals surface area (Å²) in [6.07, 6.45) is 3.87. The molecule has 0 N–H and O–H groups in total. The predicted molar refractivity (Wildman–Crippen MR) is 71.8 cm³/mol. The van der Waals surface area contributed by atoms with Crippen molar-refractivity contribution in [2.75, 3.05) is 7.11 Å². The standard InChI is InChI=1S/C12H13IN2O/c1-9-3-4-12(16-2)10(5-9)7-15-8-11(13)6-14-15/h3-6,8H,7H2,1-2H3. The van der Waals surface area contributed by atoms with Gasteiger partial charge in [-0.25, -0.2) is 0 Å². The molecule has 3 nitrogen and oxygen atoms in total. The molecule has 2 rings (SSSR count). The first-order valence-corrected chi connectivity index (χ1v) is 6.08. The molecule has 2 aromatic rings. The van der Waals surface area contributed by atoms with Gasteiger partial charge >= 0.3 is 0 Å². The van der Waals surface area contributed by atoms with E-state index < -0.39 is 0 Å². The fourth-order valence-electron chi connectivity index (χ4n) is 1.63. The van der Waals surface area contributed by atoms with Gasteiger partial charge in [-0.2, -0.15) is 5.10 Å². The summed E-state index contributed by atoms with van der Waals surface area (Å²) in [4.78, 5) is 0. The molecule has 0 radical (unpaired) electrons. The molecule has 0 aliphatic rings. The van der Waals surface area contributed by atoms with Crippen molar-refractivity contribution in [2.24, 2.45) is 0 Å². The second-order valence-corrected chi connectivity index (χ2v) is 4.92.